The van der Waals surface area contributed by atoms with Crippen LogP contribution in [0.5, 0.6) is 0 Å². The fourth-order valence-electron chi connectivity index (χ4n) is 0.295. The van der Waals surface area contributed by atoms with Crippen LogP contribution in [0.15, 0.2) is 12.5 Å². The van der Waals surface area contributed by atoms with Gasteiger partial charge in [-0.2, -0.15) is 0 Å². The number of nitrogens with one attached hydrogen (secondary N) is 1. The second-order valence-electron chi connectivity index (χ2n) is 1.07. The third-order valence-corrected chi connectivity index (χ3v) is 1.25. The van der Waals surface area contributed by atoms with Crippen LogP contribution in [0, 0.1) is 0 Å². The first-order valence-corrected chi connectivity index (χ1v) is 2.42. The van der Waals surface area contributed by atoms with E-state index >= 15 is 0 Å². The van der Waals surface area contributed by atoms with E-state index in [1.54, 1.807) is 12.5 Å². The van der Waals surface area contributed by atoms with Crippen LogP contribution in [0.4, 0.5) is 0 Å². The number of H-pyrrole nitrogens is 1. The van der Waals surface area contributed by atoms with Gasteiger partial charge in [0, 0.05) is 0 Å². The van der Waals surface area contributed by atoms with Gasteiger partial charge in [-0.05, 0) is 11.6 Å². The van der Waals surface area contributed by atoms with Gasteiger partial charge in [-0.15, -0.1) is 4.09 Å². The minimum atomic E-state index is 0.488. The first kappa shape index (κ1) is 4.94. The molecule has 0 aliphatic rings. The van der Waals surface area contributed by atoms with E-state index in [1.807, 2.05) is 0 Å². The minimum Gasteiger partial charge on any atom is -0.247 e. The quantitative estimate of drug-likeness (QED) is 0.550. The first-order chi connectivity index (χ1) is 3.30. The van der Waals surface area contributed by atoms with Crippen molar-refractivity contribution in [3.05, 3.63) is 17.7 Å². The molecule has 1 N–H and O–H groups in total. The Morgan fingerprint density at radius 2 is 2.43 bits per heavy atom. The number of halogens is 2. The lowest BCUT2D eigenvalue weighted by molar-refractivity contribution is -0.515. The van der Waals surface area contributed by atoms with E-state index < -0.39 is 0 Å². The molecule has 4 heteroatoms. The molecule has 0 saturated carbocycles. The molecule has 0 saturated heterocycles. The van der Waals surface area contributed by atoms with Crippen molar-refractivity contribution < 1.29 is 4.09 Å². The number of hydrogen-bond acceptors (Lipinski definition) is 0. The Hall–Kier alpha value is -0.210. The highest BCUT2D eigenvalue weighted by atomic mass is 35.5. The predicted molar refractivity (Wildman–Crippen MR) is 27.2 cm³/mol. The predicted octanol–water partition coefficient (Wildman–Crippen LogP) is 0.958. The lowest BCUT2D eigenvalue weighted by Gasteiger charge is -1.69. The molecule has 0 aromatic carbocycles. The monoisotopic (exact) mass is 137 g/mol. The zero-order chi connectivity index (χ0) is 5.28. The molecule has 1 heterocycles. The third kappa shape index (κ3) is 0.868. The van der Waals surface area contributed by atoms with Crippen molar-refractivity contribution in [2.45, 2.75) is 0 Å². The van der Waals surface area contributed by atoms with E-state index in [9.17, 15) is 0 Å². The Morgan fingerprint density at radius 1 is 1.71 bits per heavy atom. The lowest BCUT2D eigenvalue weighted by atomic mass is 11.0. The number of aromatic amines is 1. The molecule has 0 aliphatic carbocycles. The van der Waals surface area contributed by atoms with Gasteiger partial charge in [-0.3, -0.25) is 0 Å². The van der Waals surface area contributed by atoms with Crippen LogP contribution < -0.4 is 4.09 Å². The van der Waals surface area contributed by atoms with Gasteiger partial charge in [-0.25, -0.2) is 4.98 Å². The standard InChI is InChI=1S/C3H2Cl2N2/c4-3-1-6-2-7(3)5/h1-2H/p+1. The summed E-state index contributed by atoms with van der Waals surface area (Å²) in [5.74, 6) is 0. The zero-order valence-electron chi connectivity index (χ0n) is 3.36. The van der Waals surface area contributed by atoms with Crippen LogP contribution in [-0.4, -0.2) is 4.98 Å². The summed E-state index contributed by atoms with van der Waals surface area (Å²) in [6.45, 7) is 0. The van der Waals surface area contributed by atoms with Crippen LogP contribution in [0.25, 0.3) is 0 Å². The molecule has 0 radical (unpaired) electrons. The van der Waals surface area contributed by atoms with Gasteiger partial charge >= 0.3 is 0 Å². The highest BCUT2D eigenvalue weighted by Crippen LogP contribution is 1.95. The van der Waals surface area contributed by atoms with Gasteiger partial charge in [-0.1, -0.05) is 0 Å². The maximum absolute atomic E-state index is 5.42. The van der Waals surface area contributed by atoms with E-state index in [-0.39, 0.29) is 0 Å². The van der Waals surface area contributed by atoms with Crippen LogP contribution in [0.2, 0.25) is 5.15 Å². The van der Waals surface area contributed by atoms with E-state index in [0.29, 0.717) is 5.15 Å². The first-order valence-electron chi connectivity index (χ1n) is 1.71. The van der Waals surface area contributed by atoms with Gasteiger partial charge in [0.1, 0.15) is 18.0 Å². The normalized spacial score (nSPS) is 9.43. The Bertz CT molecular complexity index is 143. The van der Waals surface area contributed by atoms with Crippen molar-refractivity contribution in [3.63, 3.8) is 0 Å². The summed E-state index contributed by atoms with van der Waals surface area (Å²) >= 11 is 10.8. The van der Waals surface area contributed by atoms with Crippen molar-refractivity contribution in [2.75, 3.05) is 0 Å². The van der Waals surface area contributed by atoms with Gasteiger partial charge in [0.25, 0.3) is 11.5 Å². The Kier molecular flexibility index (Phi) is 1.21. The fraction of sp³-hybridized carbons (Fsp3) is 0. The van der Waals surface area contributed by atoms with Crippen LogP contribution >= 0.6 is 23.4 Å². The molecule has 2 nitrogen and oxygen atoms in total. The van der Waals surface area contributed by atoms with Crippen molar-refractivity contribution in [3.8, 4) is 0 Å². The number of imidazole rings is 1. The van der Waals surface area contributed by atoms with E-state index in [2.05, 4.69) is 4.98 Å². The molecule has 0 unspecified atom stereocenters. The minimum absolute atomic E-state index is 0.488. The van der Waals surface area contributed by atoms with Crippen molar-refractivity contribution in [1.29, 1.82) is 0 Å². The highest BCUT2D eigenvalue weighted by molar-refractivity contribution is 6.29. The summed E-state index contributed by atoms with van der Waals surface area (Å²) in [6, 6.07) is 0. The Labute approximate surface area is 50.8 Å². The fourth-order valence-corrected chi connectivity index (χ4v) is 0.512. The largest absolute Gasteiger partial charge is 0.260 e. The zero-order valence-corrected chi connectivity index (χ0v) is 4.87. The van der Waals surface area contributed by atoms with Crippen LogP contribution in [0.1, 0.15) is 0 Å². The molecule has 0 atom stereocenters. The van der Waals surface area contributed by atoms with Crippen molar-refractivity contribution in [1.82, 2.24) is 4.98 Å². The number of hydrogen-bond donors (Lipinski definition) is 1. The molecule has 0 amide bonds. The van der Waals surface area contributed by atoms with Gasteiger partial charge in [0.2, 0.25) is 0 Å². The second kappa shape index (κ2) is 1.72. The molecule has 0 fully saturated rings. The topological polar surface area (TPSA) is 19.7 Å². The summed E-state index contributed by atoms with van der Waals surface area (Å²) in [5.41, 5.74) is 0. The molecular weight excluding hydrogens is 135 g/mol. The average Bonchev–Trinajstić information content (AvgIpc) is 1.91. The molecule has 38 valence electrons. The molecule has 0 aliphatic heterocycles. The SMILES string of the molecule is Clc1c[nH]c[n+]1Cl. The number of nitrogens with zero attached hydrogens (tertiary/aromatic N) is 1. The molecule has 0 spiro atoms. The highest BCUT2D eigenvalue weighted by Gasteiger charge is 1.99. The van der Waals surface area contributed by atoms with Gasteiger partial charge in [0.15, 0.2) is 0 Å². The summed E-state index contributed by atoms with van der Waals surface area (Å²) in [7, 11) is 0. The Morgan fingerprint density at radius 3 is 2.57 bits per heavy atom. The second-order valence-corrected chi connectivity index (χ2v) is 1.83. The van der Waals surface area contributed by atoms with Gasteiger partial charge in [0.05, 0.1) is 0 Å². The van der Waals surface area contributed by atoms with E-state index in [1.165, 1.54) is 4.09 Å². The molecular formula is C3H3Cl2N2+. The average molecular weight is 138 g/mol. The molecule has 1 rings (SSSR count). The number of aromatic nitrogens is 2. The molecule has 0 bridgehead atoms. The van der Waals surface area contributed by atoms with E-state index in [4.69, 9.17) is 23.4 Å². The maximum Gasteiger partial charge on any atom is 0.260 e. The summed E-state index contributed by atoms with van der Waals surface area (Å²) < 4.78 is 1.27. The van der Waals surface area contributed by atoms with Crippen LogP contribution in [-0.2, 0) is 0 Å². The van der Waals surface area contributed by atoms with E-state index in [0.717, 1.165) is 0 Å². The number of rotatable bonds is 0. The lowest BCUT2D eigenvalue weighted by Crippen LogP contribution is -2.16. The summed E-state index contributed by atoms with van der Waals surface area (Å²) in [5, 5.41) is 0.488. The van der Waals surface area contributed by atoms with Crippen molar-refractivity contribution in [2.24, 2.45) is 0 Å². The smallest absolute Gasteiger partial charge is 0.247 e. The molecule has 7 heavy (non-hydrogen) atoms. The Balaban J connectivity index is 3.12. The molecule has 1 aromatic rings. The van der Waals surface area contributed by atoms with Crippen LogP contribution in [0.3, 0.4) is 0 Å². The van der Waals surface area contributed by atoms with Gasteiger partial charge < -0.3 is 0 Å². The summed E-state index contributed by atoms with van der Waals surface area (Å²) in [6.07, 6.45) is 3.14. The van der Waals surface area contributed by atoms with Crippen molar-refractivity contribution >= 4 is 23.4 Å². The maximum atomic E-state index is 5.42. The molecule has 1 aromatic heterocycles. The third-order valence-electron chi connectivity index (χ3n) is 0.594. The summed E-state index contributed by atoms with van der Waals surface area (Å²) in [4.78, 5) is 2.70.